The number of hydrogen-bond donors (Lipinski definition) is 1. The third-order valence-corrected chi connectivity index (χ3v) is 2.54. The Hall–Kier alpha value is -1.50. The molecule has 2 N–H and O–H groups in total. The van der Waals surface area contributed by atoms with E-state index in [9.17, 15) is 0 Å². The lowest BCUT2D eigenvalue weighted by molar-refractivity contribution is 0.0180. The third-order valence-electron chi connectivity index (χ3n) is 2.54. The second kappa shape index (κ2) is 10.3. The number of ether oxygens (including phenoxy) is 5. The minimum Gasteiger partial charge on any atom is -0.494 e. The number of para-hydroxylation sites is 1. The standard InChI is InChI=1S/C14H23NO5/c1-16-6-7-18-8-9-19-10-11-20-13-5-3-4-12(17-2)14(13)15/h3-5H,6-11,15H2,1-2H3. The van der Waals surface area contributed by atoms with E-state index in [1.54, 1.807) is 26.4 Å². The molecule has 6 nitrogen and oxygen atoms in total. The van der Waals surface area contributed by atoms with E-state index >= 15 is 0 Å². The van der Waals surface area contributed by atoms with Gasteiger partial charge in [0.25, 0.3) is 0 Å². The molecule has 0 spiro atoms. The number of rotatable bonds is 11. The fourth-order valence-corrected chi connectivity index (χ4v) is 1.50. The fourth-order valence-electron chi connectivity index (χ4n) is 1.50. The molecule has 20 heavy (non-hydrogen) atoms. The van der Waals surface area contributed by atoms with Crippen LogP contribution in [0.2, 0.25) is 0 Å². The van der Waals surface area contributed by atoms with Crippen molar-refractivity contribution in [1.29, 1.82) is 0 Å². The van der Waals surface area contributed by atoms with Crippen LogP contribution in [0.25, 0.3) is 0 Å². The van der Waals surface area contributed by atoms with Crippen LogP contribution in [0.5, 0.6) is 11.5 Å². The molecule has 0 aliphatic rings. The minimum absolute atomic E-state index is 0.426. The molecule has 0 fully saturated rings. The van der Waals surface area contributed by atoms with E-state index in [2.05, 4.69) is 0 Å². The van der Waals surface area contributed by atoms with Crippen molar-refractivity contribution in [3.63, 3.8) is 0 Å². The number of anilines is 1. The first kappa shape index (κ1) is 16.6. The smallest absolute Gasteiger partial charge is 0.146 e. The summed E-state index contributed by atoms with van der Waals surface area (Å²) in [7, 11) is 3.21. The summed E-state index contributed by atoms with van der Waals surface area (Å²) in [6.07, 6.45) is 0. The lowest BCUT2D eigenvalue weighted by atomic mass is 10.3. The van der Waals surface area contributed by atoms with Crippen LogP contribution in [0.4, 0.5) is 5.69 Å². The molecule has 1 aromatic carbocycles. The van der Waals surface area contributed by atoms with E-state index in [-0.39, 0.29) is 0 Å². The topological polar surface area (TPSA) is 72.2 Å². The maximum Gasteiger partial charge on any atom is 0.146 e. The van der Waals surface area contributed by atoms with Crippen molar-refractivity contribution in [3.05, 3.63) is 18.2 Å². The Balaban J connectivity index is 2.09. The van der Waals surface area contributed by atoms with Crippen LogP contribution in [0.3, 0.4) is 0 Å². The van der Waals surface area contributed by atoms with Crippen molar-refractivity contribution in [3.8, 4) is 11.5 Å². The van der Waals surface area contributed by atoms with Crippen LogP contribution in [0, 0.1) is 0 Å². The zero-order valence-corrected chi connectivity index (χ0v) is 12.1. The summed E-state index contributed by atoms with van der Waals surface area (Å²) in [5.41, 5.74) is 6.38. The molecule has 0 atom stereocenters. The Bertz CT molecular complexity index is 373. The number of benzene rings is 1. The number of nitrogens with two attached hydrogens (primary N) is 1. The summed E-state index contributed by atoms with van der Waals surface area (Å²) in [5.74, 6) is 1.21. The van der Waals surface area contributed by atoms with Crippen molar-refractivity contribution >= 4 is 5.69 Å². The maximum atomic E-state index is 5.88. The zero-order chi connectivity index (χ0) is 14.6. The molecule has 0 radical (unpaired) electrons. The summed E-state index contributed by atoms with van der Waals surface area (Å²) >= 11 is 0. The molecule has 0 amide bonds. The molecule has 0 unspecified atom stereocenters. The zero-order valence-electron chi connectivity index (χ0n) is 12.1. The number of hydrogen-bond acceptors (Lipinski definition) is 6. The minimum atomic E-state index is 0.426. The van der Waals surface area contributed by atoms with E-state index in [1.165, 1.54) is 0 Å². The fraction of sp³-hybridized carbons (Fsp3) is 0.571. The average molecular weight is 285 g/mol. The molecule has 6 heteroatoms. The summed E-state index contributed by atoms with van der Waals surface area (Å²) in [6.45, 7) is 3.15. The number of methoxy groups -OCH3 is 2. The maximum absolute atomic E-state index is 5.88. The van der Waals surface area contributed by atoms with Gasteiger partial charge < -0.3 is 29.4 Å². The highest BCUT2D eigenvalue weighted by atomic mass is 16.6. The van der Waals surface area contributed by atoms with Gasteiger partial charge >= 0.3 is 0 Å². The largest absolute Gasteiger partial charge is 0.494 e. The third kappa shape index (κ3) is 6.10. The van der Waals surface area contributed by atoms with Crippen molar-refractivity contribution in [1.82, 2.24) is 0 Å². The van der Waals surface area contributed by atoms with Crippen molar-refractivity contribution in [2.75, 3.05) is 59.6 Å². The lowest BCUT2D eigenvalue weighted by Crippen LogP contribution is -2.12. The van der Waals surface area contributed by atoms with Crippen molar-refractivity contribution in [2.45, 2.75) is 0 Å². The molecule has 0 heterocycles. The molecule has 0 aliphatic heterocycles. The van der Waals surface area contributed by atoms with Gasteiger partial charge in [0.05, 0.1) is 40.1 Å². The monoisotopic (exact) mass is 285 g/mol. The van der Waals surface area contributed by atoms with Crippen LogP contribution in [-0.4, -0.2) is 53.9 Å². The molecule has 1 aromatic rings. The quantitative estimate of drug-likeness (QED) is 0.488. The number of nitrogen functional groups attached to an aromatic ring is 1. The Morgan fingerprint density at radius 2 is 1.45 bits per heavy atom. The highest BCUT2D eigenvalue weighted by Crippen LogP contribution is 2.30. The average Bonchev–Trinajstić information content (AvgIpc) is 2.47. The van der Waals surface area contributed by atoms with Gasteiger partial charge in [0.2, 0.25) is 0 Å². The predicted octanol–water partition coefficient (Wildman–Crippen LogP) is 1.34. The summed E-state index contributed by atoms with van der Waals surface area (Å²) in [5, 5.41) is 0. The normalized spacial score (nSPS) is 10.5. The summed E-state index contributed by atoms with van der Waals surface area (Å²) in [6, 6.07) is 5.41. The SMILES string of the molecule is COCCOCCOCCOc1cccc(OC)c1N. The molecule has 0 saturated carbocycles. The van der Waals surface area contributed by atoms with Crippen molar-refractivity contribution < 1.29 is 23.7 Å². The second-order valence-electron chi connectivity index (χ2n) is 3.94. The van der Waals surface area contributed by atoms with Crippen LogP contribution in [-0.2, 0) is 14.2 Å². The molecule has 0 aromatic heterocycles. The lowest BCUT2D eigenvalue weighted by Gasteiger charge is -2.11. The molecule has 0 saturated heterocycles. The molecule has 0 bridgehead atoms. The van der Waals surface area contributed by atoms with Gasteiger partial charge in [-0.2, -0.15) is 0 Å². The van der Waals surface area contributed by atoms with Crippen LogP contribution < -0.4 is 15.2 Å². The van der Waals surface area contributed by atoms with E-state index in [0.29, 0.717) is 56.8 Å². The van der Waals surface area contributed by atoms with Gasteiger partial charge in [0, 0.05) is 7.11 Å². The first-order chi connectivity index (χ1) is 9.79. The predicted molar refractivity (Wildman–Crippen MR) is 76.4 cm³/mol. The summed E-state index contributed by atoms with van der Waals surface area (Å²) in [4.78, 5) is 0. The molecule has 114 valence electrons. The molecule has 1 rings (SSSR count). The Labute approximate surface area is 119 Å². The van der Waals surface area contributed by atoms with Gasteiger partial charge in [-0.25, -0.2) is 0 Å². The highest BCUT2D eigenvalue weighted by molar-refractivity contribution is 5.62. The van der Waals surface area contributed by atoms with E-state index in [0.717, 1.165) is 0 Å². The van der Waals surface area contributed by atoms with Crippen molar-refractivity contribution in [2.24, 2.45) is 0 Å². The highest BCUT2D eigenvalue weighted by Gasteiger charge is 2.05. The van der Waals surface area contributed by atoms with Gasteiger partial charge in [-0.15, -0.1) is 0 Å². The first-order valence-electron chi connectivity index (χ1n) is 6.49. The Kier molecular flexibility index (Phi) is 8.53. The Morgan fingerprint density at radius 3 is 2.10 bits per heavy atom. The van der Waals surface area contributed by atoms with Gasteiger partial charge in [0.15, 0.2) is 0 Å². The van der Waals surface area contributed by atoms with Gasteiger partial charge in [-0.3, -0.25) is 0 Å². The van der Waals surface area contributed by atoms with Crippen LogP contribution in [0.1, 0.15) is 0 Å². The first-order valence-corrected chi connectivity index (χ1v) is 6.49. The summed E-state index contributed by atoms with van der Waals surface area (Å²) < 4.78 is 26.1. The van der Waals surface area contributed by atoms with Crippen LogP contribution in [0.15, 0.2) is 18.2 Å². The van der Waals surface area contributed by atoms with Gasteiger partial charge in [-0.05, 0) is 12.1 Å². The van der Waals surface area contributed by atoms with Crippen LogP contribution >= 0.6 is 0 Å². The Morgan fingerprint density at radius 1 is 0.850 bits per heavy atom. The van der Waals surface area contributed by atoms with E-state index in [4.69, 9.17) is 29.4 Å². The van der Waals surface area contributed by atoms with Gasteiger partial charge in [-0.1, -0.05) is 6.07 Å². The van der Waals surface area contributed by atoms with E-state index in [1.807, 2.05) is 6.07 Å². The molecular formula is C14H23NO5. The van der Waals surface area contributed by atoms with Gasteiger partial charge in [0.1, 0.15) is 23.8 Å². The van der Waals surface area contributed by atoms with E-state index < -0.39 is 0 Å². The molecule has 0 aliphatic carbocycles. The second-order valence-corrected chi connectivity index (χ2v) is 3.94. The molecular weight excluding hydrogens is 262 g/mol.